The van der Waals surface area contributed by atoms with Gasteiger partial charge in [-0.3, -0.25) is 14.6 Å². The number of aliphatic hydroxyl groups is 1. The molecule has 0 atom stereocenters. The SMILES string of the molecule is [B]c1ccc(N2CN(CCO)CC2=O)c(F)c1. The molecule has 0 saturated carbocycles. The summed E-state index contributed by atoms with van der Waals surface area (Å²) in [7, 11) is 5.45. The zero-order chi connectivity index (χ0) is 12.4. The molecule has 1 heterocycles. The van der Waals surface area contributed by atoms with Crippen molar-refractivity contribution in [1.82, 2.24) is 4.90 Å². The van der Waals surface area contributed by atoms with E-state index in [-0.39, 0.29) is 24.7 Å². The Morgan fingerprint density at radius 3 is 2.88 bits per heavy atom. The lowest BCUT2D eigenvalue weighted by atomic mass is 9.96. The molecule has 1 saturated heterocycles. The number of amides is 1. The second-order valence-electron chi connectivity index (χ2n) is 3.95. The summed E-state index contributed by atoms with van der Waals surface area (Å²) in [5.41, 5.74) is 0.551. The summed E-state index contributed by atoms with van der Waals surface area (Å²) < 4.78 is 13.6. The van der Waals surface area contributed by atoms with Crippen LogP contribution in [0.15, 0.2) is 18.2 Å². The summed E-state index contributed by atoms with van der Waals surface area (Å²) in [5, 5.41) is 8.80. The summed E-state index contributed by atoms with van der Waals surface area (Å²) in [6.45, 7) is 0.870. The van der Waals surface area contributed by atoms with E-state index < -0.39 is 5.82 Å². The molecule has 6 heteroatoms. The van der Waals surface area contributed by atoms with Gasteiger partial charge in [-0.25, -0.2) is 4.39 Å². The summed E-state index contributed by atoms with van der Waals surface area (Å²) >= 11 is 0. The van der Waals surface area contributed by atoms with E-state index in [1.807, 2.05) is 0 Å². The lowest BCUT2D eigenvalue weighted by molar-refractivity contribution is -0.116. The number of hydrogen-bond acceptors (Lipinski definition) is 3. The average molecular weight is 234 g/mol. The number of benzene rings is 1. The summed E-state index contributed by atoms with van der Waals surface area (Å²) in [6, 6.07) is 4.24. The molecule has 2 rings (SSSR count). The van der Waals surface area contributed by atoms with Crippen LogP contribution >= 0.6 is 0 Å². The number of nitrogens with zero attached hydrogens (tertiary/aromatic N) is 2. The third-order valence-electron chi connectivity index (χ3n) is 2.68. The fourth-order valence-electron chi connectivity index (χ4n) is 1.85. The minimum Gasteiger partial charge on any atom is -0.395 e. The molecule has 1 aromatic carbocycles. The molecule has 1 N–H and O–H groups in total. The first-order valence-electron chi connectivity index (χ1n) is 5.30. The smallest absolute Gasteiger partial charge is 0.242 e. The second-order valence-corrected chi connectivity index (χ2v) is 3.95. The number of carbonyl (C=O) groups excluding carboxylic acids is 1. The van der Waals surface area contributed by atoms with Crippen molar-refractivity contribution in [1.29, 1.82) is 0 Å². The molecule has 88 valence electrons. The van der Waals surface area contributed by atoms with Crippen LogP contribution in [0.1, 0.15) is 0 Å². The van der Waals surface area contributed by atoms with E-state index in [0.717, 1.165) is 0 Å². The first-order valence-corrected chi connectivity index (χ1v) is 5.30. The van der Waals surface area contributed by atoms with Crippen molar-refractivity contribution in [3.8, 4) is 0 Å². The van der Waals surface area contributed by atoms with Crippen molar-refractivity contribution >= 4 is 24.9 Å². The van der Waals surface area contributed by atoms with Crippen molar-refractivity contribution in [3.05, 3.63) is 24.0 Å². The Morgan fingerprint density at radius 2 is 2.24 bits per heavy atom. The molecule has 0 unspecified atom stereocenters. The van der Waals surface area contributed by atoms with Crippen molar-refractivity contribution in [2.75, 3.05) is 31.3 Å². The number of rotatable bonds is 3. The van der Waals surface area contributed by atoms with Gasteiger partial charge in [-0.1, -0.05) is 11.5 Å². The van der Waals surface area contributed by atoms with Crippen LogP contribution in [0.2, 0.25) is 0 Å². The first kappa shape index (κ1) is 12.1. The predicted molar refractivity (Wildman–Crippen MR) is 62.8 cm³/mol. The maximum atomic E-state index is 13.6. The van der Waals surface area contributed by atoms with Gasteiger partial charge in [0.05, 0.1) is 25.5 Å². The fraction of sp³-hybridized carbons (Fsp3) is 0.364. The highest BCUT2D eigenvalue weighted by molar-refractivity contribution is 6.32. The Labute approximate surface area is 100 Å². The highest BCUT2D eigenvalue weighted by Crippen LogP contribution is 2.21. The standard InChI is InChI=1S/C11H12BFN2O2/c12-8-1-2-10(9(13)5-8)15-7-14(3-4-16)6-11(15)17/h1-2,5,16H,3-4,6-7H2. The van der Waals surface area contributed by atoms with Crippen LogP contribution in [0.3, 0.4) is 0 Å². The molecule has 4 nitrogen and oxygen atoms in total. The number of carbonyl (C=O) groups is 1. The topological polar surface area (TPSA) is 43.8 Å². The normalized spacial score (nSPS) is 16.8. The maximum Gasteiger partial charge on any atom is 0.242 e. The molecule has 1 fully saturated rings. The monoisotopic (exact) mass is 234 g/mol. The van der Waals surface area contributed by atoms with E-state index in [1.54, 1.807) is 11.0 Å². The predicted octanol–water partition coefficient (Wildman–Crippen LogP) is -0.782. The number of aliphatic hydroxyl groups excluding tert-OH is 1. The van der Waals surface area contributed by atoms with E-state index >= 15 is 0 Å². The summed E-state index contributed by atoms with van der Waals surface area (Å²) in [5.74, 6) is -0.689. The quantitative estimate of drug-likeness (QED) is 0.697. The number of β-amino-alcohol motifs (C(OH)–C–C–N with tert-alkyl or cyclic N) is 1. The maximum absolute atomic E-state index is 13.6. The molecule has 0 spiro atoms. The molecule has 1 aliphatic heterocycles. The van der Waals surface area contributed by atoms with Crippen molar-refractivity contribution in [2.24, 2.45) is 0 Å². The zero-order valence-corrected chi connectivity index (χ0v) is 9.27. The number of hydrogen-bond donors (Lipinski definition) is 1. The molecule has 0 aliphatic carbocycles. The van der Waals surface area contributed by atoms with Crippen LogP contribution in [0.4, 0.5) is 10.1 Å². The Morgan fingerprint density at radius 1 is 1.47 bits per heavy atom. The molecule has 17 heavy (non-hydrogen) atoms. The largest absolute Gasteiger partial charge is 0.395 e. The van der Waals surface area contributed by atoms with Crippen molar-refractivity contribution < 1.29 is 14.3 Å². The van der Waals surface area contributed by atoms with Crippen LogP contribution in [-0.4, -0.2) is 50.1 Å². The summed E-state index contributed by atoms with van der Waals surface area (Å²) in [6.07, 6.45) is 0. The third-order valence-corrected chi connectivity index (χ3v) is 2.68. The van der Waals surface area contributed by atoms with Gasteiger partial charge < -0.3 is 5.11 Å². The van der Waals surface area contributed by atoms with Gasteiger partial charge in [0, 0.05) is 6.54 Å². The lowest BCUT2D eigenvalue weighted by Gasteiger charge is -2.18. The van der Waals surface area contributed by atoms with E-state index in [4.69, 9.17) is 13.0 Å². The fourth-order valence-corrected chi connectivity index (χ4v) is 1.85. The van der Waals surface area contributed by atoms with Crippen molar-refractivity contribution in [2.45, 2.75) is 0 Å². The van der Waals surface area contributed by atoms with Gasteiger partial charge in [0.1, 0.15) is 13.7 Å². The molecule has 1 aromatic rings. The van der Waals surface area contributed by atoms with E-state index in [1.165, 1.54) is 17.0 Å². The first-order chi connectivity index (χ1) is 8.11. The number of halogens is 1. The highest BCUT2D eigenvalue weighted by Gasteiger charge is 2.29. The minimum atomic E-state index is -0.510. The van der Waals surface area contributed by atoms with Gasteiger partial charge in [0.25, 0.3) is 0 Å². The van der Waals surface area contributed by atoms with Crippen LogP contribution < -0.4 is 10.4 Å². The second kappa shape index (κ2) is 4.85. The molecular formula is C11H12BFN2O2. The molecule has 1 amide bonds. The Balaban J connectivity index is 2.20. The van der Waals surface area contributed by atoms with Crippen LogP contribution in [0.5, 0.6) is 0 Å². The number of anilines is 1. The third kappa shape index (κ3) is 2.48. The van der Waals surface area contributed by atoms with Gasteiger partial charge >= 0.3 is 0 Å². The van der Waals surface area contributed by atoms with E-state index in [9.17, 15) is 9.18 Å². The van der Waals surface area contributed by atoms with Gasteiger partial charge in [-0.15, -0.1) is 0 Å². The Bertz CT molecular complexity index is 441. The molecular weight excluding hydrogens is 222 g/mol. The molecule has 0 bridgehead atoms. The van der Waals surface area contributed by atoms with E-state index in [2.05, 4.69) is 0 Å². The summed E-state index contributed by atoms with van der Waals surface area (Å²) in [4.78, 5) is 14.8. The highest BCUT2D eigenvalue weighted by atomic mass is 19.1. The van der Waals surface area contributed by atoms with Crippen molar-refractivity contribution in [3.63, 3.8) is 0 Å². The molecule has 1 aliphatic rings. The molecule has 2 radical (unpaired) electrons. The lowest BCUT2D eigenvalue weighted by Crippen LogP contribution is -2.29. The van der Waals surface area contributed by atoms with Crippen LogP contribution in [0, 0.1) is 5.82 Å². The van der Waals surface area contributed by atoms with Crippen LogP contribution in [0.25, 0.3) is 0 Å². The van der Waals surface area contributed by atoms with Crippen LogP contribution in [-0.2, 0) is 4.79 Å². The van der Waals surface area contributed by atoms with Gasteiger partial charge in [-0.2, -0.15) is 0 Å². The van der Waals surface area contributed by atoms with E-state index in [0.29, 0.717) is 18.7 Å². The van der Waals surface area contributed by atoms with Gasteiger partial charge in [0.15, 0.2) is 0 Å². The Kier molecular flexibility index (Phi) is 3.45. The Hall–Kier alpha value is -1.40. The molecule has 0 aromatic heterocycles. The zero-order valence-electron chi connectivity index (χ0n) is 9.27. The van der Waals surface area contributed by atoms with Gasteiger partial charge in [0.2, 0.25) is 5.91 Å². The van der Waals surface area contributed by atoms with Gasteiger partial charge in [-0.05, 0) is 12.1 Å². The minimum absolute atomic E-state index is 0.0225. The average Bonchev–Trinajstić information content (AvgIpc) is 2.60.